The molecule has 3 aliphatic rings. The second kappa shape index (κ2) is 4.58. The Hall–Kier alpha value is -0.610. The molecule has 0 radical (unpaired) electrons. The van der Waals surface area contributed by atoms with Crippen LogP contribution in [0.5, 0.6) is 0 Å². The summed E-state index contributed by atoms with van der Waals surface area (Å²) in [6, 6.07) is 0.0840. The Morgan fingerprint density at radius 1 is 1.29 bits per heavy atom. The van der Waals surface area contributed by atoms with Crippen molar-refractivity contribution in [3.8, 4) is 0 Å². The Morgan fingerprint density at radius 3 is 2.59 bits per heavy atom. The third kappa shape index (κ3) is 2.08. The summed E-state index contributed by atoms with van der Waals surface area (Å²) in [5.74, 6) is 0.890. The lowest BCUT2D eigenvalue weighted by molar-refractivity contribution is -0.126. The van der Waals surface area contributed by atoms with Gasteiger partial charge in [-0.25, -0.2) is 0 Å². The number of amides is 1. The van der Waals surface area contributed by atoms with Crippen molar-refractivity contribution < 1.29 is 9.53 Å². The van der Waals surface area contributed by atoms with Crippen molar-refractivity contribution in [1.29, 1.82) is 0 Å². The van der Waals surface area contributed by atoms with Crippen LogP contribution in [-0.2, 0) is 9.53 Å². The van der Waals surface area contributed by atoms with Gasteiger partial charge in [0.15, 0.2) is 0 Å². The van der Waals surface area contributed by atoms with Crippen molar-refractivity contribution in [3.05, 3.63) is 0 Å². The molecule has 17 heavy (non-hydrogen) atoms. The molecular formula is C13H22N2O2. The molecule has 2 aliphatic heterocycles. The van der Waals surface area contributed by atoms with E-state index in [9.17, 15) is 4.79 Å². The monoisotopic (exact) mass is 238 g/mol. The van der Waals surface area contributed by atoms with Crippen LogP contribution in [0.3, 0.4) is 0 Å². The zero-order chi connectivity index (χ0) is 11.7. The van der Waals surface area contributed by atoms with Gasteiger partial charge in [0, 0.05) is 19.8 Å². The molecule has 1 saturated carbocycles. The third-order valence-corrected chi connectivity index (χ3v) is 5.01. The number of carbonyl (C=O) groups is 1. The number of hydrogen-bond donors (Lipinski definition) is 2. The maximum Gasteiger partial charge on any atom is 0.237 e. The van der Waals surface area contributed by atoms with Crippen LogP contribution in [0.4, 0.5) is 0 Å². The van der Waals surface area contributed by atoms with Gasteiger partial charge in [0.25, 0.3) is 0 Å². The van der Waals surface area contributed by atoms with Crippen molar-refractivity contribution in [3.63, 3.8) is 0 Å². The molecule has 2 heterocycles. The van der Waals surface area contributed by atoms with E-state index in [-0.39, 0.29) is 11.9 Å². The zero-order valence-electron chi connectivity index (χ0n) is 10.3. The minimum atomic E-state index is 0.0840. The van der Waals surface area contributed by atoms with Crippen LogP contribution >= 0.6 is 0 Å². The number of hydrogen-bond acceptors (Lipinski definition) is 3. The second-order valence-corrected chi connectivity index (χ2v) is 5.75. The largest absolute Gasteiger partial charge is 0.381 e. The van der Waals surface area contributed by atoms with Gasteiger partial charge in [0.2, 0.25) is 5.91 Å². The molecule has 1 amide bonds. The second-order valence-electron chi connectivity index (χ2n) is 5.75. The normalized spacial score (nSPS) is 34.8. The standard InChI is InChI=1S/C13H22N2O2/c16-12(11-2-6-14-11)15-9-10-1-3-13(10)4-7-17-8-5-13/h10-11,14H,1-9H2,(H,15,16)/t10?,11-/m1/s1. The van der Waals surface area contributed by atoms with Crippen LogP contribution in [0.15, 0.2) is 0 Å². The van der Waals surface area contributed by atoms with Gasteiger partial charge in [0.1, 0.15) is 0 Å². The lowest BCUT2D eigenvalue weighted by Gasteiger charge is -2.52. The molecule has 4 nitrogen and oxygen atoms in total. The predicted molar refractivity (Wildman–Crippen MR) is 64.6 cm³/mol. The first-order valence-electron chi connectivity index (χ1n) is 6.89. The fraction of sp³-hybridized carbons (Fsp3) is 0.923. The number of carbonyl (C=O) groups excluding carboxylic acids is 1. The van der Waals surface area contributed by atoms with Crippen molar-refractivity contribution in [2.75, 3.05) is 26.3 Å². The summed E-state index contributed by atoms with van der Waals surface area (Å²) < 4.78 is 5.44. The summed E-state index contributed by atoms with van der Waals surface area (Å²) in [6.07, 6.45) is 5.98. The summed E-state index contributed by atoms with van der Waals surface area (Å²) in [4.78, 5) is 11.7. The molecule has 1 spiro atoms. The maximum absolute atomic E-state index is 11.7. The zero-order valence-corrected chi connectivity index (χ0v) is 10.3. The van der Waals surface area contributed by atoms with Gasteiger partial charge in [-0.1, -0.05) is 0 Å². The quantitative estimate of drug-likeness (QED) is 0.760. The molecule has 3 fully saturated rings. The van der Waals surface area contributed by atoms with Gasteiger partial charge in [-0.2, -0.15) is 0 Å². The van der Waals surface area contributed by atoms with E-state index < -0.39 is 0 Å². The number of nitrogens with one attached hydrogen (secondary N) is 2. The van der Waals surface area contributed by atoms with Crippen LogP contribution in [0.25, 0.3) is 0 Å². The third-order valence-electron chi connectivity index (χ3n) is 5.01. The van der Waals surface area contributed by atoms with E-state index in [4.69, 9.17) is 4.74 Å². The minimum absolute atomic E-state index is 0.0840. The first-order chi connectivity index (χ1) is 8.30. The average Bonchev–Trinajstić information content (AvgIpc) is 2.26. The van der Waals surface area contributed by atoms with E-state index >= 15 is 0 Å². The fourth-order valence-electron chi connectivity index (χ4n) is 3.37. The smallest absolute Gasteiger partial charge is 0.237 e. The minimum Gasteiger partial charge on any atom is -0.381 e. The highest BCUT2D eigenvalue weighted by Crippen LogP contribution is 2.52. The van der Waals surface area contributed by atoms with Crippen molar-refractivity contribution >= 4 is 5.91 Å². The van der Waals surface area contributed by atoms with Gasteiger partial charge in [-0.3, -0.25) is 4.79 Å². The molecule has 2 N–H and O–H groups in total. The van der Waals surface area contributed by atoms with E-state index in [0.717, 1.165) is 32.7 Å². The number of ether oxygens (including phenoxy) is 1. The Labute approximate surface area is 102 Å². The van der Waals surface area contributed by atoms with Crippen molar-refractivity contribution in [2.45, 2.75) is 38.1 Å². The molecule has 2 atom stereocenters. The van der Waals surface area contributed by atoms with Crippen LogP contribution in [0, 0.1) is 11.3 Å². The topological polar surface area (TPSA) is 50.4 Å². The Kier molecular flexibility index (Phi) is 3.09. The van der Waals surface area contributed by atoms with Gasteiger partial charge in [-0.15, -0.1) is 0 Å². The SMILES string of the molecule is O=C(NCC1CCC12CCOCC2)[C@H]1CCN1. The van der Waals surface area contributed by atoms with Crippen LogP contribution in [0.2, 0.25) is 0 Å². The van der Waals surface area contributed by atoms with Gasteiger partial charge >= 0.3 is 0 Å². The van der Waals surface area contributed by atoms with Gasteiger partial charge in [-0.05, 0) is 50.0 Å². The molecule has 0 aromatic heterocycles. The van der Waals surface area contributed by atoms with E-state index in [1.54, 1.807) is 0 Å². The van der Waals surface area contributed by atoms with Gasteiger partial charge in [0.05, 0.1) is 6.04 Å². The highest BCUT2D eigenvalue weighted by atomic mass is 16.5. The summed E-state index contributed by atoms with van der Waals surface area (Å²) in [6.45, 7) is 3.68. The summed E-state index contributed by atoms with van der Waals surface area (Å²) in [7, 11) is 0. The van der Waals surface area contributed by atoms with E-state index in [1.807, 2.05) is 0 Å². The molecule has 1 aliphatic carbocycles. The average molecular weight is 238 g/mol. The lowest BCUT2D eigenvalue weighted by Crippen LogP contribution is -2.56. The Bertz CT molecular complexity index is 296. The molecular weight excluding hydrogens is 216 g/mol. The molecule has 3 rings (SSSR count). The molecule has 2 saturated heterocycles. The van der Waals surface area contributed by atoms with Crippen LogP contribution < -0.4 is 10.6 Å². The number of rotatable bonds is 3. The molecule has 0 aromatic rings. The highest BCUT2D eigenvalue weighted by molar-refractivity contribution is 5.82. The highest BCUT2D eigenvalue weighted by Gasteiger charge is 2.47. The lowest BCUT2D eigenvalue weighted by atomic mass is 9.56. The molecule has 1 unspecified atom stereocenters. The summed E-state index contributed by atoms with van der Waals surface area (Å²) in [5.41, 5.74) is 0.499. The summed E-state index contributed by atoms with van der Waals surface area (Å²) in [5, 5.41) is 6.26. The van der Waals surface area contributed by atoms with Crippen molar-refractivity contribution in [2.24, 2.45) is 11.3 Å². The van der Waals surface area contributed by atoms with Crippen molar-refractivity contribution in [1.82, 2.24) is 10.6 Å². The van der Waals surface area contributed by atoms with E-state index in [0.29, 0.717) is 11.3 Å². The van der Waals surface area contributed by atoms with Gasteiger partial charge < -0.3 is 15.4 Å². The molecule has 0 aromatic carbocycles. The van der Waals surface area contributed by atoms with E-state index in [1.165, 1.54) is 25.7 Å². The molecule has 4 heteroatoms. The van der Waals surface area contributed by atoms with Crippen LogP contribution in [0.1, 0.15) is 32.1 Å². The fourth-order valence-corrected chi connectivity index (χ4v) is 3.37. The van der Waals surface area contributed by atoms with E-state index in [2.05, 4.69) is 10.6 Å². The summed E-state index contributed by atoms with van der Waals surface area (Å²) >= 11 is 0. The first kappa shape index (κ1) is 11.5. The maximum atomic E-state index is 11.7. The Morgan fingerprint density at radius 2 is 2.06 bits per heavy atom. The Balaban J connectivity index is 1.46. The molecule has 0 bridgehead atoms. The van der Waals surface area contributed by atoms with Crippen LogP contribution in [-0.4, -0.2) is 38.3 Å². The predicted octanol–water partition coefficient (Wildman–Crippen LogP) is 0.671. The first-order valence-corrected chi connectivity index (χ1v) is 6.89. The molecule has 96 valence electrons.